The van der Waals surface area contributed by atoms with Crippen LogP contribution in [0.2, 0.25) is 0 Å². The molecule has 0 spiro atoms. The molecule has 1 heterocycles. The van der Waals surface area contributed by atoms with Crippen LogP contribution in [0.1, 0.15) is 19.4 Å². The van der Waals surface area contributed by atoms with Crippen LogP contribution < -0.4 is 4.90 Å². The Morgan fingerprint density at radius 2 is 2.06 bits per heavy atom. The van der Waals surface area contributed by atoms with Crippen molar-refractivity contribution < 1.29 is 4.39 Å². The number of rotatable bonds is 1. The van der Waals surface area contributed by atoms with Crippen molar-refractivity contribution in [3.63, 3.8) is 0 Å². The number of nitrogens with zero attached hydrogens (tertiary/aromatic N) is 3. The van der Waals surface area contributed by atoms with Gasteiger partial charge < -0.3 is 4.90 Å². The lowest BCUT2D eigenvalue weighted by Crippen LogP contribution is -2.57. The Balaban J connectivity index is 2.34. The third-order valence-corrected chi connectivity index (χ3v) is 3.76. The molecule has 0 N–H and O–H groups in total. The van der Waals surface area contributed by atoms with Crippen LogP contribution in [0.5, 0.6) is 0 Å². The van der Waals surface area contributed by atoms with Crippen LogP contribution in [0.4, 0.5) is 10.1 Å². The number of anilines is 1. The van der Waals surface area contributed by atoms with Gasteiger partial charge in [0.1, 0.15) is 17.4 Å². The van der Waals surface area contributed by atoms with Crippen LogP contribution in [0, 0.1) is 17.1 Å². The molecule has 1 aliphatic heterocycles. The molecule has 0 unspecified atom stereocenters. The van der Waals surface area contributed by atoms with Crippen molar-refractivity contribution in [2.24, 2.45) is 0 Å². The van der Waals surface area contributed by atoms with E-state index in [0.29, 0.717) is 5.69 Å². The predicted molar refractivity (Wildman–Crippen MR) is 70.0 cm³/mol. The lowest BCUT2D eigenvalue weighted by atomic mass is 9.98. The summed E-state index contributed by atoms with van der Waals surface area (Å²) in [5, 5.41) is 9.08. The summed E-state index contributed by atoms with van der Waals surface area (Å²) in [6, 6.07) is 6.79. The topological polar surface area (TPSA) is 30.3 Å². The number of benzene rings is 1. The monoisotopic (exact) mass is 247 g/mol. The summed E-state index contributed by atoms with van der Waals surface area (Å²) in [4.78, 5) is 4.39. The molecule has 1 saturated heterocycles. The van der Waals surface area contributed by atoms with Crippen molar-refractivity contribution in [1.29, 1.82) is 5.26 Å². The second kappa shape index (κ2) is 4.58. The quantitative estimate of drug-likeness (QED) is 0.762. The highest BCUT2D eigenvalue weighted by molar-refractivity contribution is 5.60. The van der Waals surface area contributed by atoms with Gasteiger partial charge in [0.05, 0.1) is 5.69 Å². The van der Waals surface area contributed by atoms with Gasteiger partial charge in [-0.05, 0) is 33.0 Å². The van der Waals surface area contributed by atoms with Gasteiger partial charge in [-0.25, -0.2) is 4.39 Å². The zero-order chi connectivity index (χ0) is 13.3. The number of piperazine rings is 1. The summed E-state index contributed by atoms with van der Waals surface area (Å²) in [7, 11) is 2.09. The molecular weight excluding hydrogens is 229 g/mol. The summed E-state index contributed by atoms with van der Waals surface area (Å²) >= 11 is 0. The van der Waals surface area contributed by atoms with Crippen LogP contribution in [0.3, 0.4) is 0 Å². The standard InChI is InChI=1S/C14H18FN3/c1-14(2)10-18(8-7-17(14)3)13-6-4-5-12(15)11(13)9-16/h4-6H,7-8,10H2,1-3H3. The maximum absolute atomic E-state index is 13.6. The van der Waals surface area contributed by atoms with Crippen molar-refractivity contribution in [3.8, 4) is 6.07 Å². The van der Waals surface area contributed by atoms with Gasteiger partial charge in [-0.15, -0.1) is 0 Å². The third kappa shape index (κ3) is 2.19. The van der Waals surface area contributed by atoms with Crippen molar-refractivity contribution in [2.45, 2.75) is 19.4 Å². The number of halogens is 1. The Kier molecular flexibility index (Phi) is 3.27. The van der Waals surface area contributed by atoms with E-state index in [-0.39, 0.29) is 11.1 Å². The van der Waals surface area contributed by atoms with E-state index in [2.05, 4.69) is 30.7 Å². The molecule has 0 atom stereocenters. The Labute approximate surface area is 107 Å². The second-order valence-corrected chi connectivity index (χ2v) is 5.40. The summed E-state index contributed by atoms with van der Waals surface area (Å²) in [6.45, 7) is 6.84. The molecule has 0 aliphatic carbocycles. The van der Waals surface area contributed by atoms with E-state index < -0.39 is 5.82 Å². The van der Waals surface area contributed by atoms with E-state index >= 15 is 0 Å². The number of nitriles is 1. The van der Waals surface area contributed by atoms with Crippen LogP contribution >= 0.6 is 0 Å². The van der Waals surface area contributed by atoms with E-state index in [0.717, 1.165) is 19.6 Å². The highest BCUT2D eigenvalue weighted by Gasteiger charge is 2.32. The highest BCUT2D eigenvalue weighted by Crippen LogP contribution is 2.28. The molecule has 0 radical (unpaired) electrons. The first-order chi connectivity index (χ1) is 8.45. The average molecular weight is 247 g/mol. The first-order valence-corrected chi connectivity index (χ1v) is 6.10. The number of hydrogen-bond donors (Lipinski definition) is 0. The summed E-state index contributed by atoms with van der Waals surface area (Å²) in [5.74, 6) is -0.438. The molecular formula is C14H18FN3. The molecule has 3 nitrogen and oxygen atoms in total. The van der Waals surface area contributed by atoms with E-state index in [9.17, 15) is 4.39 Å². The Morgan fingerprint density at radius 3 is 2.67 bits per heavy atom. The first-order valence-electron chi connectivity index (χ1n) is 6.10. The molecule has 4 heteroatoms. The van der Waals surface area contributed by atoms with Gasteiger partial charge >= 0.3 is 0 Å². The fourth-order valence-electron chi connectivity index (χ4n) is 2.33. The van der Waals surface area contributed by atoms with Crippen molar-refractivity contribution in [3.05, 3.63) is 29.6 Å². The minimum Gasteiger partial charge on any atom is -0.367 e. The molecule has 1 aromatic carbocycles. The Hall–Kier alpha value is -1.60. The molecule has 96 valence electrons. The maximum atomic E-state index is 13.6. The normalized spacial score (nSPS) is 19.6. The van der Waals surface area contributed by atoms with Crippen molar-refractivity contribution >= 4 is 5.69 Å². The minimum atomic E-state index is -0.438. The SMILES string of the molecule is CN1CCN(c2cccc(F)c2C#N)CC1(C)C. The number of likely N-dealkylation sites (N-methyl/N-ethyl adjacent to an activating group) is 1. The Bertz CT molecular complexity index is 490. The second-order valence-electron chi connectivity index (χ2n) is 5.40. The van der Waals surface area contributed by atoms with E-state index in [1.54, 1.807) is 6.07 Å². The van der Waals surface area contributed by atoms with Crippen LogP contribution in [-0.2, 0) is 0 Å². The van der Waals surface area contributed by atoms with E-state index in [1.165, 1.54) is 6.07 Å². The molecule has 0 bridgehead atoms. The van der Waals surface area contributed by atoms with Gasteiger partial charge in [0, 0.05) is 25.2 Å². The molecule has 0 saturated carbocycles. The minimum absolute atomic E-state index is 0.0251. The molecule has 2 rings (SSSR count). The fourth-order valence-corrected chi connectivity index (χ4v) is 2.33. The van der Waals surface area contributed by atoms with Gasteiger partial charge in [0.15, 0.2) is 0 Å². The molecule has 1 aromatic rings. The zero-order valence-electron chi connectivity index (χ0n) is 11.1. The molecule has 18 heavy (non-hydrogen) atoms. The Morgan fingerprint density at radius 1 is 1.33 bits per heavy atom. The van der Waals surface area contributed by atoms with Gasteiger partial charge in [-0.1, -0.05) is 6.07 Å². The van der Waals surface area contributed by atoms with Crippen molar-refractivity contribution in [2.75, 3.05) is 31.6 Å². The van der Waals surface area contributed by atoms with Gasteiger partial charge in [0.25, 0.3) is 0 Å². The van der Waals surface area contributed by atoms with Crippen molar-refractivity contribution in [1.82, 2.24) is 4.90 Å². The molecule has 1 aliphatic rings. The number of hydrogen-bond acceptors (Lipinski definition) is 3. The van der Waals surface area contributed by atoms with Crippen LogP contribution in [0.25, 0.3) is 0 Å². The van der Waals surface area contributed by atoms with Crippen LogP contribution in [-0.4, -0.2) is 37.1 Å². The van der Waals surface area contributed by atoms with E-state index in [4.69, 9.17) is 5.26 Å². The molecule has 1 fully saturated rings. The smallest absolute Gasteiger partial charge is 0.143 e. The van der Waals surface area contributed by atoms with Gasteiger partial charge in [-0.2, -0.15) is 5.26 Å². The van der Waals surface area contributed by atoms with Gasteiger partial charge in [-0.3, -0.25) is 4.90 Å². The lowest BCUT2D eigenvalue weighted by Gasteiger charge is -2.46. The lowest BCUT2D eigenvalue weighted by molar-refractivity contribution is 0.139. The fraction of sp³-hybridized carbons (Fsp3) is 0.500. The summed E-state index contributed by atoms with van der Waals surface area (Å²) in [6.07, 6.45) is 0. The highest BCUT2D eigenvalue weighted by atomic mass is 19.1. The largest absolute Gasteiger partial charge is 0.367 e. The predicted octanol–water partition coefficient (Wildman–Crippen LogP) is 2.23. The maximum Gasteiger partial charge on any atom is 0.143 e. The first kappa shape index (κ1) is 12.8. The summed E-state index contributed by atoms with van der Waals surface area (Å²) < 4.78 is 13.6. The summed E-state index contributed by atoms with van der Waals surface area (Å²) in [5.41, 5.74) is 0.883. The average Bonchev–Trinajstić information content (AvgIpc) is 2.32. The van der Waals surface area contributed by atoms with Gasteiger partial charge in [0.2, 0.25) is 0 Å². The molecule has 0 amide bonds. The van der Waals surface area contributed by atoms with E-state index in [1.807, 2.05) is 12.1 Å². The van der Waals surface area contributed by atoms with Crippen LogP contribution in [0.15, 0.2) is 18.2 Å². The third-order valence-electron chi connectivity index (χ3n) is 3.76. The zero-order valence-corrected chi connectivity index (χ0v) is 11.1. The molecule has 0 aromatic heterocycles.